The molecule has 1 heterocycles. The van der Waals surface area contributed by atoms with Crippen molar-refractivity contribution in [2.75, 3.05) is 11.8 Å². The van der Waals surface area contributed by atoms with Crippen LogP contribution >= 0.6 is 50.5 Å². The molecule has 1 aromatic rings. The molecule has 0 aliphatic heterocycles. The minimum Gasteiger partial charge on any atom is -0.148 e. The first-order valence-electron chi connectivity index (χ1n) is 4.89. The first kappa shape index (κ1) is 13.8. The van der Waals surface area contributed by atoms with Crippen molar-refractivity contribution >= 4 is 50.5 Å². The van der Waals surface area contributed by atoms with Crippen molar-refractivity contribution in [1.82, 2.24) is 0 Å². The van der Waals surface area contributed by atoms with Crippen LogP contribution in [0.25, 0.3) is 0 Å². The summed E-state index contributed by atoms with van der Waals surface area (Å²) in [5.41, 5.74) is 0.0104. The molecular weight excluding hydrogens is 315 g/mol. The number of alkyl halides is 2. The number of hydrogen-bond acceptors (Lipinski definition) is 1. The van der Waals surface area contributed by atoms with Gasteiger partial charge < -0.3 is 0 Å². The Morgan fingerprint density at radius 3 is 2.33 bits per heavy atom. The van der Waals surface area contributed by atoms with Crippen LogP contribution in [-0.4, -0.2) is 11.8 Å². The van der Waals surface area contributed by atoms with Crippen LogP contribution in [0.3, 0.4) is 0 Å². The van der Waals surface area contributed by atoms with Gasteiger partial charge in [0.25, 0.3) is 0 Å². The Hall–Kier alpha value is 0.760. The molecule has 4 heteroatoms. The van der Waals surface area contributed by atoms with Gasteiger partial charge in [0.2, 0.25) is 0 Å². The van der Waals surface area contributed by atoms with Gasteiger partial charge in [-0.05, 0) is 39.7 Å². The van der Waals surface area contributed by atoms with Gasteiger partial charge in [0.05, 0.1) is 0 Å². The average Bonchev–Trinajstić information content (AvgIpc) is 2.60. The van der Waals surface area contributed by atoms with Crippen molar-refractivity contribution in [2.24, 2.45) is 11.3 Å². The third kappa shape index (κ3) is 3.12. The zero-order valence-corrected chi connectivity index (χ0v) is 12.8. The maximum absolute atomic E-state index is 6.09. The standard InChI is InChI=1S/C11H15BrCl2S/c1-8(2)11(6-13,7-14)5-10-9(12)3-4-15-10/h3-4,8H,5-7H2,1-2H3. The summed E-state index contributed by atoms with van der Waals surface area (Å²) in [5, 5.41) is 2.09. The van der Waals surface area contributed by atoms with E-state index in [-0.39, 0.29) is 5.41 Å². The maximum Gasteiger partial charge on any atom is 0.0314 e. The van der Waals surface area contributed by atoms with E-state index < -0.39 is 0 Å². The molecule has 86 valence electrons. The van der Waals surface area contributed by atoms with E-state index in [1.807, 2.05) is 0 Å². The molecule has 0 saturated carbocycles. The molecule has 0 aliphatic carbocycles. The van der Waals surface area contributed by atoms with Gasteiger partial charge in [-0.2, -0.15) is 0 Å². The Morgan fingerprint density at radius 2 is 2.00 bits per heavy atom. The van der Waals surface area contributed by atoms with Crippen LogP contribution in [0.4, 0.5) is 0 Å². The molecule has 1 aromatic heterocycles. The smallest absolute Gasteiger partial charge is 0.0314 e. The predicted molar refractivity (Wildman–Crippen MR) is 74.4 cm³/mol. The Balaban J connectivity index is 2.88. The molecule has 0 bridgehead atoms. The summed E-state index contributed by atoms with van der Waals surface area (Å²) in [6.45, 7) is 4.37. The molecule has 0 N–H and O–H groups in total. The van der Waals surface area contributed by atoms with Gasteiger partial charge in [0.15, 0.2) is 0 Å². The fraction of sp³-hybridized carbons (Fsp3) is 0.636. The van der Waals surface area contributed by atoms with E-state index in [4.69, 9.17) is 23.2 Å². The number of rotatable bonds is 5. The molecule has 0 spiro atoms. The number of thiophene rings is 1. The fourth-order valence-corrected chi connectivity index (χ4v) is 4.15. The average molecular weight is 330 g/mol. The van der Waals surface area contributed by atoms with Crippen LogP contribution in [0.1, 0.15) is 18.7 Å². The minimum absolute atomic E-state index is 0.0104. The maximum atomic E-state index is 6.09. The summed E-state index contributed by atoms with van der Waals surface area (Å²) in [4.78, 5) is 1.34. The summed E-state index contributed by atoms with van der Waals surface area (Å²) in [7, 11) is 0. The van der Waals surface area contributed by atoms with E-state index in [0.717, 1.165) is 6.42 Å². The lowest BCUT2D eigenvalue weighted by Gasteiger charge is -2.33. The highest BCUT2D eigenvalue weighted by atomic mass is 79.9. The van der Waals surface area contributed by atoms with Crippen molar-refractivity contribution in [2.45, 2.75) is 20.3 Å². The van der Waals surface area contributed by atoms with Crippen LogP contribution in [0.15, 0.2) is 15.9 Å². The van der Waals surface area contributed by atoms with E-state index in [2.05, 4.69) is 41.2 Å². The molecule has 0 aliphatic rings. The molecule has 0 fully saturated rings. The molecule has 15 heavy (non-hydrogen) atoms. The summed E-state index contributed by atoms with van der Waals surface area (Å²) < 4.78 is 1.17. The lowest BCUT2D eigenvalue weighted by atomic mass is 9.77. The van der Waals surface area contributed by atoms with Gasteiger partial charge in [0.1, 0.15) is 0 Å². The zero-order valence-electron chi connectivity index (χ0n) is 8.90. The molecule has 0 aromatic carbocycles. The molecule has 0 nitrogen and oxygen atoms in total. The van der Waals surface area contributed by atoms with Crippen LogP contribution < -0.4 is 0 Å². The van der Waals surface area contributed by atoms with Gasteiger partial charge in [-0.3, -0.25) is 0 Å². The summed E-state index contributed by atoms with van der Waals surface area (Å²) in [5.74, 6) is 1.71. The molecular formula is C11H15BrCl2S. The lowest BCUT2D eigenvalue weighted by molar-refractivity contribution is 0.260. The van der Waals surface area contributed by atoms with Crippen LogP contribution in [0.5, 0.6) is 0 Å². The zero-order chi connectivity index (χ0) is 11.5. The van der Waals surface area contributed by atoms with Gasteiger partial charge in [-0.15, -0.1) is 34.5 Å². The van der Waals surface area contributed by atoms with Crippen molar-refractivity contribution in [3.8, 4) is 0 Å². The normalized spacial score (nSPS) is 12.4. The van der Waals surface area contributed by atoms with E-state index in [0.29, 0.717) is 17.7 Å². The van der Waals surface area contributed by atoms with Crippen molar-refractivity contribution in [3.63, 3.8) is 0 Å². The van der Waals surface area contributed by atoms with E-state index in [1.165, 1.54) is 9.35 Å². The van der Waals surface area contributed by atoms with Crippen molar-refractivity contribution < 1.29 is 0 Å². The first-order valence-corrected chi connectivity index (χ1v) is 7.63. The quantitative estimate of drug-likeness (QED) is 0.653. The second-order valence-corrected chi connectivity index (χ2v) is 6.54. The van der Waals surface area contributed by atoms with Crippen LogP contribution in [0.2, 0.25) is 0 Å². The van der Waals surface area contributed by atoms with Gasteiger partial charge in [-0.25, -0.2) is 0 Å². The molecule has 0 atom stereocenters. The van der Waals surface area contributed by atoms with Crippen molar-refractivity contribution in [3.05, 3.63) is 20.8 Å². The third-order valence-corrected chi connectivity index (χ3v) is 5.95. The largest absolute Gasteiger partial charge is 0.148 e. The Labute approximate surface area is 114 Å². The van der Waals surface area contributed by atoms with Crippen LogP contribution in [0, 0.1) is 11.3 Å². The highest BCUT2D eigenvalue weighted by Crippen LogP contribution is 2.38. The molecule has 0 saturated heterocycles. The summed E-state index contributed by atoms with van der Waals surface area (Å²) in [6, 6.07) is 2.08. The van der Waals surface area contributed by atoms with Gasteiger partial charge in [-0.1, -0.05) is 13.8 Å². The van der Waals surface area contributed by atoms with E-state index in [1.54, 1.807) is 11.3 Å². The van der Waals surface area contributed by atoms with Gasteiger partial charge in [0, 0.05) is 26.5 Å². The van der Waals surface area contributed by atoms with Crippen LogP contribution in [-0.2, 0) is 6.42 Å². The second kappa shape index (κ2) is 5.90. The topological polar surface area (TPSA) is 0 Å². The number of hydrogen-bond donors (Lipinski definition) is 0. The Bertz CT molecular complexity index is 305. The summed E-state index contributed by atoms with van der Waals surface area (Å²) >= 11 is 17.5. The van der Waals surface area contributed by atoms with Crippen molar-refractivity contribution in [1.29, 1.82) is 0 Å². The molecule has 0 unspecified atom stereocenters. The second-order valence-electron chi connectivity index (χ2n) is 4.15. The highest BCUT2D eigenvalue weighted by molar-refractivity contribution is 9.10. The van der Waals surface area contributed by atoms with E-state index in [9.17, 15) is 0 Å². The minimum atomic E-state index is 0.0104. The lowest BCUT2D eigenvalue weighted by Crippen LogP contribution is -2.33. The van der Waals surface area contributed by atoms with Gasteiger partial charge >= 0.3 is 0 Å². The summed E-state index contributed by atoms with van der Waals surface area (Å²) in [6.07, 6.45) is 0.954. The molecule has 1 rings (SSSR count). The van der Waals surface area contributed by atoms with E-state index >= 15 is 0 Å². The molecule has 0 radical (unpaired) electrons. The highest BCUT2D eigenvalue weighted by Gasteiger charge is 2.33. The monoisotopic (exact) mass is 328 g/mol. The number of halogens is 3. The Morgan fingerprint density at radius 1 is 1.40 bits per heavy atom. The fourth-order valence-electron chi connectivity index (χ4n) is 1.41. The SMILES string of the molecule is CC(C)C(CCl)(CCl)Cc1sccc1Br. The predicted octanol–water partition coefficient (Wildman–Crippen LogP) is 5.17. The third-order valence-electron chi connectivity index (χ3n) is 2.96. The first-order chi connectivity index (χ1) is 7.05. The molecule has 0 amide bonds. The Kier molecular flexibility index (Phi) is 5.44.